The lowest BCUT2D eigenvalue weighted by molar-refractivity contribution is -0.137. The first-order valence-electron chi connectivity index (χ1n) is 7.11. The summed E-state index contributed by atoms with van der Waals surface area (Å²) in [5, 5.41) is 16.6. The predicted molar refractivity (Wildman–Crippen MR) is 73.3 cm³/mol. The van der Waals surface area contributed by atoms with Crippen LogP contribution in [-0.2, 0) is 9.59 Å². The largest absolute Gasteiger partial charge is 0.481 e. The number of amides is 3. The second-order valence-electron chi connectivity index (χ2n) is 4.98. The van der Waals surface area contributed by atoms with E-state index in [1.54, 1.807) is 0 Å². The van der Waals surface area contributed by atoms with Gasteiger partial charge in [-0.25, -0.2) is 4.79 Å². The minimum Gasteiger partial charge on any atom is -0.481 e. The van der Waals surface area contributed by atoms with Crippen molar-refractivity contribution in [3.05, 3.63) is 0 Å². The van der Waals surface area contributed by atoms with Crippen LogP contribution in [0.1, 0.15) is 44.9 Å². The van der Waals surface area contributed by atoms with E-state index in [0.717, 1.165) is 25.7 Å². The second kappa shape index (κ2) is 9.17. The Balaban J connectivity index is 1.86. The molecule has 20 heavy (non-hydrogen) atoms. The number of nitrogens with one attached hydrogen (secondary N) is 3. The van der Waals surface area contributed by atoms with E-state index in [0.29, 0.717) is 32.0 Å². The molecule has 0 saturated heterocycles. The summed E-state index contributed by atoms with van der Waals surface area (Å²) in [6, 6.07) is 0.0598. The molecule has 1 aliphatic carbocycles. The summed E-state index contributed by atoms with van der Waals surface area (Å²) in [5.41, 5.74) is 0. The van der Waals surface area contributed by atoms with Crippen LogP contribution in [0.5, 0.6) is 0 Å². The van der Waals surface area contributed by atoms with Gasteiger partial charge in [-0.1, -0.05) is 6.42 Å². The summed E-state index contributed by atoms with van der Waals surface area (Å²) in [7, 11) is 0. The van der Waals surface area contributed by atoms with Crippen LogP contribution in [-0.4, -0.2) is 42.1 Å². The number of rotatable bonds is 10. The van der Waals surface area contributed by atoms with Gasteiger partial charge in [0.05, 0.1) is 0 Å². The highest BCUT2D eigenvalue weighted by molar-refractivity contribution is 5.78. The first-order valence-corrected chi connectivity index (χ1v) is 7.11. The number of aliphatic carboxylic acids is 1. The molecule has 0 aliphatic heterocycles. The van der Waals surface area contributed by atoms with Crippen LogP contribution in [0, 0.1) is 0 Å². The Labute approximate surface area is 118 Å². The Morgan fingerprint density at radius 1 is 0.950 bits per heavy atom. The second-order valence-corrected chi connectivity index (χ2v) is 4.98. The normalized spacial score (nSPS) is 13.6. The molecular weight excluding hydrogens is 262 g/mol. The van der Waals surface area contributed by atoms with E-state index in [2.05, 4.69) is 16.0 Å². The van der Waals surface area contributed by atoms with Gasteiger partial charge in [0.25, 0.3) is 0 Å². The zero-order valence-electron chi connectivity index (χ0n) is 11.6. The lowest BCUT2D eigenvalue weighted by atomic mass is 10.2. The van der Waals surface area contributed by atoms with E-state index < -0.39 is 5.97 Å². The number of hydrogen-bond acceptors (Lipinski definition) is 3. The summed E-state index contributed by atoms with van der Waals surface area (Å²) in [5.74, 6) is -0.818. The third-order valence-electron chi connectivity index (χ3n) is 2.93. The number of unbranched alkanes of at least 4 members (excludes halogenated alkanes) is 2. The average molecular weight is 285 g/mol. The summed E-state index contributed by atoms with van der Waals surface area (Å²) >= 11 is 0. The fourth-order valence-electron chi connectivity index (χ4n) is 1.66. The lowest BCUT2D eigenvalue weighted by Crippen LogP contribution is -2.38. The molecule has 0 radical (unpaired) electrons. The van der Waals surface area contributed by atoms with Gasteiger partial charge in [0.15, 0.2) is 0 Å². The van der Waals surface area contributed by atoms with Crippen LogP contribution < -0.4 is 16.0 Å². The van der Waals surface area contributed by atoms with Crippen molar-refractivity contribution < 1.29 is 19.5 Å². The molecule has 0 spiro atoms. The number of carbonyl (C=O) groups excluding carboxylic acids is 2. The van der Waals surface area contributed by atoms with Crippen LogP contribution in [0.15, 0.2) is 0 Å². The number of hydrogen-bond donors (Lipinski definition) is 4. The number of carboxylic acid groups (broad SMARTS) is 1. The van der Waals surface area contributed by atoms with E-state index >= 15 is 0 Å². The molecule has 7 nitrogen and oxygen atoms in total. The fourth-order valence-corrected chi connectivity index (χ4v) is 1.66. The average Bonchev–Trinajstić information content (AvgIpc) is 3.17. The highest BCUT2D eigenvalue weighted by Gasteiger charge is 2.22. The smallest absolute Gasteiger partial charge is 0.314 e. The van der Waals surface area contributed by atoms with Gasteiger partial charge in [-0.15, -0.1) is 0 Å². The van der Waals surface area contributed by atoms with Crippen molar-refractivity contribution >= 4 is 17.9 Å². The SMILES string of the molecule is O=C(O)CCCCCNC(=O)NCCC(=O)NC1CC1. The van der Waals surface area contributed by atoms with Gasteiger partial charge in [0, 0.05) is 32.0 Å². The monoisotopic (exact) mass is 285 g/mol. The molecule has 0 aromatic rings. The molecule has 1 saturated carbocycles. The van der Waals surface area contributed by atoms with Crippen LogP contribution >= 0.6 is 0 Å². The van der Waals surface area contributed by atoms with Gasteiger partial charge < -0.3 is 21.1 Å². The van der Waals surface area contributed by atoms with Crippen molar-refractivity contribution in [3.63, 3.8) is 0 Å². The Hall–Kier alpha value is -1.79. The Morgan fingerprint density at radius 2 is 1.65 bits per heavy atom. The molecule has 0 aromatic carbocycles. The highest BCUT2D eigenvalue weighted by atomic mass is 16.4. The molecule has 0 unspecified atom stereocenters. The number of carbonyl (C=O) groups is 3. The molecule has 1 fully saturated rings. The quantitative estimate of drug-likeness (QED) is 0.441. The minimum atomic E-state index is -0.792. The molecule has 1 rings (SSSR count). The van der Waals surface area contributed by atoms with E-state index in [-0.39, 0.29) is 18.4 Å². The van der Waals surface area contributed by atoms with Gasteiger partial charge >= 0.3 is 12.0 Å². The molecule has 4 N–H and O–H groups in total. The van der Waals surface area contributed by atoms with Crippen molar-refractivity contribution in [2.45, 2.75) is 51.0 Å². The zero-order valence-corrected chi connectivity index (χ0v) is 11.6. The number of carboxylic acids is 1. The van der Waals surface area contributed by atoms with Crippen LogP contribution in [0.2, 0.25) is 0 Å². The van der Waals surface area contributed by atoms with E-state index in [1.807, 2.05) is 0 Å². The van der Waals surface area contributed by atoms with Crippen LogP contribution in [0.4, 0.5) is 4.79 Å². The maximum absolute atomic E-state index is 11.4. The third kappa shape index (κ3) is 9.18. The van der Waals surface area contributed by atoms with Crippen molar-refractivity contribution in [1.82, 2.24) is 16.0 Å². The van der Waals surface area contributed by atoms with E-state index in [1.165, 1.54) is 0 Å². The van der Waals surface area contributed by atoms with Gasteiger partial charge in [-0.3, -0.25) is 9.59 Å². The summed E-state index contributed by atoms with van der Waals surface area (Å²) < 4.78 is 0. The zero-order chi connectivity index (χ0) is 14.8. The predicted octanol–water partition coefficient (Wildman–Crippen LogP) is 0.599. The maximum Gasteiger partial charge on any atom is 0.314 e. The van der Waals surface area contributed by atoms with E-state index in [9.17, 15) is 14.4 Å². The molecule has 0 atom stereocenters. The first kappa shape index (κ1) is 16.3. The molecule has 3 amide bonds. The third-order valence-corrected chi connectivity index (χ3v) is 2.93. The Bertz CT molecular complexity index is 343. The van der Waals surface area contributed by atoms with Gasteiger partial charge in [0.2, 0.25) is 5.91 Å². The van der Waals surface area contributed by atoms with Crippen molar-refractivity contribution in [3.8, 4) is 0 Å². The Morgan fingerprint density at radius 3 is 2.30 bits per heavy atom. The van der Waals surface area contributed by atoms with Crippen LogP contribution in [0.25, 0.3) is 0 Å². The summed E-state index contributed by atoms with van der Waals surface area (Å²) in [4.78, 5) is 33.0. The maximum atomic E-state index is 11.4. The van der Waals surface area contributed by atoms with Crippen molar-refractivity contribution in [2.75, 3.05) is 13.1 Å². The number of urea groups is 1. The molecular formula is C13H23N3O4. The summed E-state index contributed by atoms with van der Waals surface area (Å²) in [6.07, 6.45) is 4.73. The van der Waals surface area contributed by atoms with Crippen LogP contribution in [0.3, 0.4) is 0 Å². The molecule has 0 heterocycles. The fraction of sp³-hybridized carbons (Fsp3) is 0.769. The highest BCUT2D eigenvalue weighted by Crippen LogP contribution is 2.18. The minimum absolute atomic E-state index is 0.0264. The van der Waals surface area contributed by atoms with Gasteiger partial charge in [0.1, 0.15) is 0 Å². The topological polar surface area (TPSA) is 108 Å². The van der Waals surface area contributed by atoms with E-state index in [4.69, 9.17) is 5.11 Å². The van der Waals surface area contributed by atoms with Crippen molar-refractivity contribution in [2.24, 2.45) is 0 Å². The molecule has 7 heteroatoms. The van der Waals surface area contributed by atoms with Crippen molar-refractivity contribution in [1.29, 1.82) is 0 Å². The van der Waals surface area contributed by atoms with Gasteiger partial charge in [-0.05, 0) is 25.7 Å². The molecule has 1 aliphatic rings. The Kier molecular flexibility index (Phi) is 7.46. The lowest BCUT2D eigenvalue weighted by Gasteiger charge is -2.07. The standard InChI is InChI=1S/C13H23N3O4/c17-11(16-10-5-6-10)7-9-15-13(20)14-8-3-1-2-4-12(18)19/h10H,1-9H2,(H,16,17)(H,18,19)(H2,14,15,20). The summed E-state index contributed by atoms with van der Waals surface area (Å²) in [6.45, 7) is 0.836. The molecule has 114 valence electrons. The molecule has 0 bridgehead atoms. The first-order chi connectivity index (χ1) is 9.58. The molecule has 0 aromatic heterocycles. The van der Waals surface area contributed by atoms with Gasteiger partial charge in [-0.2, -0.15) is 0 Å².